The van der Waals surface area contributed by atoms with E-state index < -0.39 is 24.5 Å². The predicted molar refractivity (Wildman–Crippen MR) is 112 cm³/mol. The summed E-state index contributed by atoms with van der Waals surface area (Å²) in [5.41, 5.74) is 3.56. The molecule has 0 bridgehead atoms. The second-order valence-electron chi connectivity index (χ2n) is 6.95. The van der Waals surface area contributed by atoms with E-state index in [9.17, 15) is 14.4 Å². The van der Waals surface area contributed by atoms with Gasteiger partial charge in [-0.25, -0.2) is 9.78 Å². The molecule has 4 rings (SSSR count). The van der Waals surface area contributed by atoms with E-state index in [0.717, 1.165) is 16.8 Å². The maximum Gasteiger partial charge on any atom is 0.339 e. The van der Waals surface area contributed by atoms with Gasteiger partial charge >= 0.3 is 11.9 Å². The van der Waals surface area contributed by atoms with Crippen molar-refractivity contribution in [2.75, 3.05) is 20.3 Å². The van der Waals surface area contributed by atoms with Gasteiger partial charge in [0.2, 0.25) is 0 Å². The predicted octanol–water partition coefficient (Wildman–Crippen LogP) is 2.76. The third-order valence-corrected chi connectivity index (χ3v) is 5.00. The number of fused-ring (bicyclic) bond motifs is 2. The van der Waals surface area contributed by atoms with E-state index in [4.69, 9.17) is 14.1 Å². The molecule has 0 radical (unpaired) electrons. The molecule has 0 spiro atoms. The number of rotatable bonds is 6. The molecule has 2 aromatic heterocycles. The van der Waals surface area contributed by atoms with Gasteiger partial charge in [0.05, 0.1) is 30.1 Å². The van der Waals surface area contributed by atoms with Gasteiger partial charge in [-0.05, 0) is 48.3 Å². The van der Waals surface area contributed by atoms with Crippen LogP contribution in [0.5, 0.6) is 0 Å². The van der Waals surface area contributed by atoms with Crippen molar-refractivity contribution in [3.8, 4) is 0 Å². The number of para-hydroxylation sites is 1. The minimum Gasteiger partial charge on any atom is -0.468 e. The van der Waals surface area contributed by atoms with Gasteiger partial charge < -0.3 is 19.2 Å². The number of nitrogens with one attached hydrogen (secondary N) is 1. The Bertz CT molecular complexity index is 1180. The summed E-state index contributed by atoms with van der Waals surface area (Å²) in [6, 6.07) is 11.0. The number of pyridine rings is 1. The van der Waals surface area contributed by atoms with Crippen LogP contribution in [0.1, 0.15) is 33.8 Å². The molecule has 0 saturated carbocycles. The first-order chi connectivity index (χ1) is 15.1. The van der Waals surface area contributed by atoms with Crippen LogP contribution in [-0.2, 0) is 25.5 Å². The Balaban J connectivity index is 1.62. The number of ether oxygens (including phenoxy) is 2. The Morgan fingerprint density at radius 1 is 1.16 bits per heavy atom. The molecule has 158 valence electrons. The van der Waals surface area contributed by atoms with Crippen LogP contribution in [-0.4, -0.2) is 43.1 Å². The van der Waals surface area contributed by atoms with Crippen molar-refractivity contribution in [3.63, 3.8) is 0 Å². The van der Waals surface area contributed by atoms with Gasteiger partial charge in [0, 0.05) is 5.39 Å². The van der Waals surface area contributed by atoms with E-state index in [0.29, 0.717) is 35.1 Å². The number of carbonyl (C=O) groups excluding carboxylic acids is 3. The number of nitrogens with zero attached hydrogens (tertiary/aromatic N) is 1. The third kappa shape index (κ3) is 4.32. The molecular weight excluding hydrogens is 400 g/mol. The molecule has 0 aliphatic heterocycles. The van der Waals surface area contributed by atoms with E-state index in [1.54, 1.807) is 6.26 Å². The van der Waals surface area contributed by atoms with Gasteiger partial charge in [0.15, 0.2) is 6.61 Å². The van der Waals surface area contributed by atoms with Gasteiger partial charge in [-0.1, -0.05) is 18.2 Å². The zero-order valence-electron chi connectivity index (χ0n) is 16.8. The van der Waals surface area contributed by atoms with Crippen molar-refractivity contribution in [3.05, 3.63) is 65.2 Å². The molecule has 2 heterocycles. The summed E-state index contributed by atoms with van der Waals surface area (Å²) in [5, 5.41) is 3.01. The standard InChI is InChI=1S/C23H20N2O6/c1-29-20(27)12-24-19(26)13-31-23(28)21-16-6-2-3-7-18(16)25-22-14(8-9-17(21)22)11-15-5-4-10-30-15/h2-7,10-11H,8-9,12-13H2,1H3,(H,24,26)/b14-11-. The number of hydrogen-bond donors (Lipinski definition) is 1. The Morgan fingerprint density at radius 3 is 2.77 bits per heavy atom. The van der Waals surface area contributed by atoms with Crippen molar-refractivity contribution in [1.29, 1.82) is 0 Å². The summed E-state index contributed by atoms with van der Waals surface area (Å²) >= 11 is 0. The fourth-order valence-electron chi connectivity index (χ4n) is 3.55. The smallest absolute Gasteiger partial charge is 0.339 e. The highest BCUT2D eigenvalue weighted by Gasteiger charge is 2.28. The zero-order chi connectivity index (χ0) is 21.8. The highest BCUT2D eigenvalue weighted by molar-refractivity contribution is 6.07. The molecule has 1 aliphatic carbocycles. The molecule has 8 heteroatoms. The largest absolute Gasteiger partial charge is 0.468 e. The van der Waals surface area contributed by atoms with Gasteiger partial charge in [0.1, 0.15) is 12.3 Å². The molecule has 0 saturated heterocycles. The van der Waals surface area contributed by atoms with Crippen molar-refractivity contribution >= 4 is 40.4 Å². The number of furan rings is 1. The zero-order valence-corrected chi connectivity index (χ0v) is 16.8. The lowest BCUT2D eigenvalue weighted by Crippen LogP contribution is -2.33. The second-order valence-corrected chi connectivity index (χ2v) is 6.95. The minimum atomic E-state index is -0.609. The average Bonchev–Trinajstić information content (AvgIpc) is 3.44. The van der Waals surface area contributed by atoms with Crippen LogP contribution in [0.15, 0.2) is 47.1 Å². The molecule has 0 fully saturated rings. The van der Waals surface area contributed by atoms with Gasteiger partial charge in [-0.3, -0.25) is 9.59 Å². The monoisotopic (exact) mass is 420 g/mol. The van der Waals surface area contributed by atoms with Crippen molar-refractivity contribution in [2.24, 2.45) is 0 Å². The summed E-state index contributed by atoms with van der Waals surface area (Å²) < 4.78 is 15.1. The molecule has 1 amide bonds. The number of methoxy groups -OCH3 is 1. The summed E-state index contributed by atoms with van der Waals surface area (Å²) in [4.78, 5) is 40.8. The molecule has 31 heavy (non-hydrogen) atoms. The van der Waals surface area contributed by atoms with Crippen LogP contribution in [0.3, 0.4) is 0 Å². The number of benzene rings is 1. The van der Waals surface area contributed by atoms with Crippen LogP contribution in [0.4, 0.5) is 0 Å². The highest BCUT2D eigenvalue weighted by atomic mass is 16.5. The van der Waals surface area contributed by atoms with Crippen LogP contribution in [0, 0.1) is 0 Å². The van der Waals surface area contributed by atoms with E-state index in [1.165, 1.54) is 7.11 Å². The van der Waals surface area contributed by atoms with Crippen LogP contribution >= 0.6 is 0 Å². The normalized spacial score (nSPS) is 13.8. The number of amides is 1. The number of hydrogen-bond acceptors (Lipinski definition) is 7. The topological polar surface area (TPSA) is 108 Å². The molecule has 1 N–H and O–H groups in total. The second kappa shape index (κ2) is 8.83. The van der Waals surface area contributed by atoms with Crippen molar-refractivity contribution in [2.45, 2.75) is 12.8 Å². The fraction of sp³-hybridized carbons (Fsp3) is 0.217. The Labute approximate surface area is 177 Å². The molecule has 3 aromatic rings. The van der Waals surface area contributed by atoms with Crippen LogP contribution in [0.2, 0.25) is 0 Å². The van der Waals surface area contributed by atoms with E-state index in [1.807, 2.05) is 42.5 Å². The molecule has 0 atom stereocenters. The van der Waals surface area contributed by atoms with Crippen LogP contribution < -0.4 is 5.32 Å². The van der Waals surface area contributed by atoms with Gasteiger partial charge in [-0.15, -0.1) is 0 Å². The first kappa shape index (κ1) is 20.3. The summed E-state index contributed by atoms with van der Waals surface area (Å²) in [7, 11) is 1.22. The summed E-state index contributed by atoms with van der Waals surface area (Å²) in [6.07, 6.45) is 4.85. The van der Waals surface area contributed by atoms with Crippen molar-refractivity contribution < 1.29 is 28.3 Å². The quantitative estimate of drug-likeness (QED) is 0.611. The maximum absolute atomic E-state index is 13.0. The molecule has 1 aliphatic rings. The van der Waals surface area contributed by atoms with Gasteiger partial charge in [-0.2, -0.15) is 0 Å². The number of carbonyl (C=O) groups is 3. The summed E-state index contributed by atoms with van der Waals surface area (Å²) in [5.74, 6) is -1.08. The van der Waals surface area contributed by atoms with Crippen molar-refractivity contribution in [1.82, 2.24) is 10.3 Å². The number of aromatic nitrogens is 1. The van der Waals surface area contributed by atoms with Gasteiger partial charge in [0.25, 0.3) is 5.91 Å². The molecular formula is C23H20N2O6. The van der Waals surface area contributed by atoms with E-state index in [-0.39, 0.29) is 6.54 Å². The highest BCUT2D eigenvalue weighted by Crippen LogP contribution is 2.37. The Hall–Kier alpha value is -3.94. The summed E-state index contributed by atoms with van der Waals surface area (Å²) in [6.45, 7) is -0.794. The maximum atomic E-state index is 13.0. The lowest BCUT2D eigenvalue weighted by molar-refractivity contribution is -0.141. The molecule has 1 aromatic carbocycles. The molecule has 8 nitrogen and oxygen atoms in total. The van der Waals surface area contributed by atoms with E-state index in [2.05, 4.69) is 10.1 Å². The lowest BCUT2D eigenvalue weighted by Gasteiger charge is -2.12. The lowest BCUT2D eigenvalue weighted by atomic mass is 10.0. The third-order valence-electron chi connectivity index (χ3n) is 5.00. The number of esters is 2. The molecule has 0 unspecified atom stereocenters. The Morgan fingerprint density at radius 2 is 2.00 bits per heavy atom. The minimum absolute atomic E-state index is 0.290. The van der Waals surface area contributed by atoms with Crippen LogP contribution in [0.25, 0.3) is 22.6 Å². The Kier molecular flexibility index (Phi) is 5.79. The fourth-order valence-corrected chi connectivity index (χ4v) is 3.55. The SMILES string of the molecule is COC(=O)CNC(=O)COC(=O)c1c2c(nc3ccccc13)/C(=C\c1ccco1)CC2. The first-order valence-corrected chi connectivity index (χ1v) is 9.73. The first-order valence-electron chi connectivity index (χ1n) is 9.73. The van der Waals surface area contributed by atoms with E-state index >= 15 is 0 Å². The average molecular weight is 420 g/mol. The number of allylic oxidation sites excluding steroid dienone is 1.